The standard InChI is InChI=1S/C15H11N2O3S.BrH/c18-14(11-4-3-5-12(8-11)17(19)20)9-16-10-21-15-7-2-1-6-13(15)16;/h1-8,10H,9H2;1H/q+1;. The van der Waals surface area contributed by atoms with Crippen molar-refractivity contribution in [2.75, 3.05) is 0 Å². The second kappa shape index (κ2) is 6.76. The highest BCUT2D eigenvalue weighted by atomic mass is 79.9. The van der Waals surface area contributed by atoms with E-state index in [1.165, 1.54) is 18.2 Å². The Kier molecular flexibility index (Phi) is 4.99. The third-order valence-electron chi connectivity index (χ3n) is 3.17. The molecule has 0 atom stereocenters. The highest BCUT2D eigenvalue weighted by Gasteiger charge is 2.18. The number of para-hydroxylation sites is 1. The van der Waals surface area contributed by atoms with Crippen LogP contribution in [0, 0.1) is 10.1 Å². The summed E-state index contributed by atoms with van der Waals surface area (Å²) in [5, 5.41) is 10.8. The Bertz CT molecular complexity index is 847. The van der Waals surface area contributed by atoms with E-state index in [-0.39, 0.29) is 35.0 Å². The Labute approximate surface area is 140 Å². The van der Waals surface area contributed by atoms with Gasteiger partial charge in [0.2, 0.25) is 23.4 Å². The number of rotatable bonds is 4. The third-order valence-corrected chi connectivity index (χ3v) is 4.13. The van der Waals surface area contributed by atoms with Crippen molar-refractivity contribution in [1.29, 1.82) is 0 Å². The maximum Gasteiger partial charge on any atom is 0.270 e. The van der Waals surface area contributed by atoms with Crippen LogP contribution in [0.5, 0.6) is 0 Å². The minimum absolute atomic E-state index is 0. The average molecular weight is 380 g/mol. The third kappa shape index (κ3) is 3.20. The van der Waals surface area contributed by atoms with Crippen molar-refractivity contribution in [3.63, 3.8) is 0 Å². The molecule has 1 aromatic heterocycles. The lowest BCUT2D eigenvalue weighted by Crippen LogP contribution is -2.36. The lowest BCUT2D eigenvalue weighted by Gasteiger charge is -1.98. The maximum absolute atomic E-state index is 12.3. The van der Waals surface area contributed by atoms with Gasteiger partial charge in [-0.05, 0) is 6.07 Å². The number of ketones is 1. The van der Waals surface area contributed by atoms with Gasteiger partial charge in [0.05, 0.1) is 4.92 Å². The van der Waals surface area contributed by atoms with Crippen LogP contribution < -0.4 is 4.57 Å². The Morgan fingerprint density at radius 3 is 2.73 bits per heavy atom. The van der Waals surface area contributed by atoms with Crippen molar-refractivity contribution < 1.29 is 14.3 Å². The van der Waals surface area contributed by atoms with Crippen LogP contribution >= 0.6 is 28.3 Å². The molecule has 0 N–H and O–H groups in total. The molecule has 7 heteroatoms. The van der Waals surface area contributed by atoms with E-state index in [2.05, 4.69) is 0 Å². The molecule has 0 fully saturated rings. The number of nitro groups is 1. The normalized spacial score (nSPS) is 10.2. The molecule has 0 bridgehead atoms. The number of fused-ring (bicyclic) bond motifs is 1. The van der Waals surface area contributed by atoms with Crippen LogP contribution in [0.25, 0.3) is 10.2 Å². The minimum atomic E-state index is -0.496. The van der Waals surface area contributed by atoms with Crippen LogP contribution in [0.3, 0.4) is 0 Å². The summed E-state index contributed by atoms with van der Waals surface area (Å²) in [5.41, 5.74) is 3.16. The highest BCUT2D eigenvalue weighted by molar-refractivity contribution is 8.93. The van der Waals surface area contributed by atoms with E-state index in [4.69, 9.17) is 0 Å². The lowest BCUT2D eigenvalue weighted by atomic mass is 10.1. The zero-order chi connectivity index (χ0) is 14.8. The van der Waals surface area contributed by atoms with Gasteiger partial charge < -0.3 is 0 Å². The fourth-order valence-electron chi connectivity index (χ4n) is 2.13. The molecule has 0 aliphatic carbocycles. The second-order valence-corrected chi connectivity index (χ2v) is 5.44. The summed E-state index contributed by atoms with van der Waals surface area (Å²) in [7, 11) is 0. The van der Waals surface area contributed by atoms with Crippen molar-refractivity contribution in [2.45, 2.75) is 6.54 Å². The van der Waals surface area contributed by atoms with Gasteiger partial charge in [-0.15, -0.1) is 17.0 Å². The fourth-order valence-corrected chi connectivity index (χ4v) is 3.02. The number of carbonyl (C=O) groups excluding carboxylic acids is 1. The quantitative estimate of drug-likeness (QED) is 0.301. The van der Waals surface area contributed by atoms with Gasteiger partial charge >= 0.3 is 0 Å². The van der Waals surface area contributed by atoms with Crippen LogP contribution in [0.1, 0.15) is 10.4 Å². The smallest absolute Gasteiger partial charge is 0.270 e. The van der Waals surface area contributed by atoms with Gasteiger partial charge in [0.15, 0.2) is 0 Å². The summed E-state index contributed by atoms with van der Waals surface area (Å²) in [5.74, 6) is -0.146. The molecule has 22 heavy (non-hydrogen) atoms. The Hall–Kier alpha value is -2.12. The molecular weight excluding hydrogens is 368 g/mol. The van der Waals surface area contributed by atoms with Gasteiger partial charge in [-0.25, -0.2) is 0 Å². The zero-order valence-electron chi connectivity index (χ0n) is 11.3. The van der Waals surface area contributed by atoms with Gasteiger partial charge in [-0.2, -0.15) is 4.57 Å². The van der Waals surface area contributed by atoms with Crippen molar-refractivity contribution >= 4 is 50.0 Å². The number of hydrogen-bond donors (Lipinski definition) is 0. The van der Waals surface area contributed by atoms with Gasteiger partial charge in [0.1, 0.15) is 4.70 Å². The number of halogens is 1. The first-order valence-corrected chi connectivity index (χ1v) is 7.16. The molecule has 0 saturated carbocycles. The van der Waals surface area contributed by atoms with Crippen LogP contribution in [0.15, 0.2) is 54.0 Å². The topological polar surface area (TPSA) is 64.1 Å². The molecule has 0 amide bonds. The van der Waals surface area contributed by atoms with E-state index in [0.29, 0.717) is 5.56 Å². The van der Waals surface area contributed by atoms with E-state index in [9.17, 15) is 14.9 Å². The van der Waals surface area contributed by atoms with E-state index >= 15 is 0 Å². The van der Waals surface area contributed by atoms with Crippen molar-refractivity contribution in [3.8, 4) is 0 Å². The second-order valence-electron chi connectivity index (χ2n) is 4.55. The molecule has 5 nitrogen and oxygen atoms in total. The SMILES string of the molecule is Br.O=C(C[n+]1csc2ccccc21)c1cccc([N+](=O)[O-])c1. The van der Waals surface area contributed by atoms with Crippen molar-refractivity contribution in [2.24, 2.45) is 0 Å². The molecule has 0 aliphatic heterocycles. The van der Waals surface area contributed by atoms with Crippen molar-refractivity contribution in [1.82, 2.24) is 0 Å². The predicted molar refractivity (Wildman–Crippen MR) is 89.8 cm³/mol. The first-order chi connectivity index (χ1) is 10.1. The molecule has 0 saturated heterocycles. The number of non-ortho nitro benzene ring substituents is 1. The summed E-state index contributed by atoms with van der Waals surface area (Å²) in [6.07, 6.45) is 0. The van der Waals surface area contributed by atoms with Gasteiger partial charge in [-0.1, -0.05) is 35.6 Å². The van der Waals surface area contributed by atoms with Gasteiger partial charge in [0, 0.05) is 23.8 Å². The highest BCUT2D eigenvalue weighted by Crippen LogP contribution is 2.16. The number of carbonyl (C=O) groups is 1. The van der Waals surface area contributed by atoms with Crippen LogP contribution in [0.2, 0.25) is 0 Å². The summed E-state index contributed by atoms with van der Waals surface area (Å²) in [6, 6.07) is 13.6. The fraction of sp³-hybridized carbons (Fsp3) is 0.0667. The largest absolute Gasteiger partial charge is 0.287 e. The molecule has 112 valence electrons. The number of thiazole rings is 1. The van der Waals surface area contributed by atoms with E-state index < -0.39 is 4.92 Å². The number of Topliss-reactive ketones (excluding diaryl/α,β-unsaturated/α-hetero) is 1. The van der Waals surface area contributed by atoms with Crippen LogP contribution in [0.4, 0.5) is 5.69 Å². The molecular formula is C15H12BrN2O3S+. The monoisotopic (exact) mass is 379 g/mol. The Morgan fingerprint density at radius 1 is 1.18 bits per heavy atom. The molecule has 0 spiro atoms. The maximum atomic E-state index is 12.3. The summed E-state index contributed by atoms with van der Waals surface area (Å²) >= 11 is 1.56. The molecule has 3 aromatic rings. The minimum Gasteiger partial charge on any atom is -0.287 e. The number of benzene rings is 2. The first-order valence-electron chi connectivity index (χ1n) is 6.28. The van der Waals surface area contributed by atoms with Crippen LogP contribution in [-0.4, -0.2) is 10.7 Å². The van der Waals surface area contributed by atoms with E-state index in [0.717, 1.165) is 10.2 Å². The molecule has 3 rings (SSSR count). The molecule has 2 aromatic carbocycles. The zero-order valence-corrected chi connectivity index (χ0v) is 13.9. The molecule has 0 radical (unpaired) electrons. The van der Waals surface area contributed by atoms with Crippen molar-refractivity contribution in [3.05, 3.63) is 69.7 Å². The predicted octanol–water partition coefficient (Wildman–Crippen LogP) is 3.56. The van der Waals surface area contributed by atoms with Gasteiger partial charge in [-0.3, -0.25) is 14.9 Å². The van der Waals surface area contributed by atoms with E-state index in [1.807, 2.05) is 34.3 Å². The van der Waals surface area contributed by atoms with Crippen LogP contribution in [-0.2, 0) is 6.54 Å². The number of nitrogens with zero attached hydrogens (tertiary/aromatic N) is 2. The Morgan fingerprint density at radius 2 is 1.95 bits per heavy atom. The summed E-state index contributed by atoms with van der Waals surface area (Å²) < 4.78 is 2.96. The molecule has 0 aliphatic rings. The molecule has 0 unspecified atom stereocenters. The number of hydrogen-bond acceptors (Lipinski definition) is 4. The number of nitro benzene ring substituents is 1. The summed E-state index contributed by atoms with van der Waals surface area (Å²) in [4.78, 5) is 22.6. The average Bonchev–Trinajstić information content (AvgIpc) is 2.91. The number of aromatic nitrogens is 1. The lowest BCUT2D eigenvalue weighted by molar-refractivity contribution is -0.652. The molecule has 1 heterocycles. The Balaban J connectivity index is 0.00000176. The summed E-state index contributed by atoms with van der Waals surface area (Å²) in [6.45, 7) is 0.172. The van der Waals surface area contributed by atoms with E-state index in [1.54, 1.807) is 17.4 Å². The first kappa shape index (κ1) is 16.3. The van der Waals surface area contributed by atoms with Gasteiger partial charge in [0.25, 0.3) is 5.69 Å².